The molecule has 4 heteroatoms. The summed E-state index contributed by atoms with van der Waals surface area (Å²) < 4.78 is 0. The second kappa shape index (κ2) is 7.35. The van der Waals surface area contributed by atoms with Crippen LogP contribution in [0.15, 0.2) is 30.3 Å². The molecule has 1 saturated heterocycles. The maximum absolute atomic E-state index is 12.7. The molecule has 1 aromatic carbocycles. The number of amides is 2. The van der Waals surface area contributed by atoms with Gasteiger partial charge in [-0.2, -0.15) is 0 Å². The van der Waals surface area contributed by atoms with E-state index in [4.69, 9.17) is 0 Å². The van der Waals surface area contributed by atoms with Gasteiger partial charge in [0.15, 0.2) is 0 Å². The molecule has 1 saturated carbocycles. The van der Waals surface area contributed by atoms with Crippen LogP contribution in [0.4, 0.5) is 4.79 Å². The van der Waals surface area contributed by atoms with Gasteiger partial charge in [0.05, 0.1) is 12.1 Å². The first-order valence-corrected chi connectivity index (χ1v) is 8.93. The number of carbonyl (C=O) groups is 1. The first-order chi connectivity index (χ1) is 11.1. The zero-order valence-corrected chi connectivity index (χ0v) is 13.9. The Bertz CT molecular complexity index is 513. The molecule has 1 heterocycles. The Morgan fingerprint density at radius 2 is 1.87 bits per heavy atom. The van der Waals surface area contributed by atoms with Crippen molar-refractivity contribution in [3.63, 3.8) is 0 Å². The van der Waals surface area contributed by atoms with Gasteiger partial charge in [0.2, 0.25) is 0 Å². The molecule has 23 heavy (non-hydrogen) atoms. The normalized spacial score (nSPS) is 24.6. The lowest BCUT2D eigenvalue weighted by Crippen LogP contribution is -2.49. The summed E-state index contributed by atoms with van der Waals surface area (Å²) in [6.07, 6.45) is 5.28. The van der Waals surface area contributed by atoms with E-state index >= 15 is 0 Å². The molecule has 4 nitrogen and oxygen atoms in total. The smallest absolute Gasteiger partial charge is 0.317 e. The van der Waals surface area contributed by atoms with Gasteiger partial charge in [0.1, 0.15) is 0 Å². The summed E-state index contributed by atoms with van der Waals surface area (Å²) in [6, 6.07) is 10.5. The van der Waals surface area contributed by atoms with Crippen molar-refractivity contribution in [3.05, 3.63) is 35.9 Å². The second-order valence-corrected chi connectivity index (χ2v) is 7.12. The number of likely N-dealkylation sites (tertiary alicyclic amines) is 1. The molecule has 3 atom stereocenters. The van der Waals surface area contributed by atoms with Gasteiger partial charge in [-0.15, -0.1) is 0 Å². The number of hydrogen-bond donors (Lipinski definition) is 2. The lowest BCUT2D eigenvalue weighted by molar-refractivity contribution is 0.0720. The number of aliphatic hydroxyl groups excluding tert-OH is 1. The van der Waals surface area contributed by atoms with Crippen molar-refractivity contribution in [3.8, 4) is 0 Å². The lowest BCUT2D eigenvalue weighted by atomic mass is 9.77. The fourth-order valence-electron chi connectivity index (χ4n) is 3.72. The molecule has 2 amide bonds. The maximum atomic E-state index is 12.7. The van der Waals surface area contributed by atoms with Crippen LogP contribution in [0.2, 0.25) is 0 Å². The van der Waals surface area contributed by atoms with Gasteiger partial charge >= 0.3 is 6.03 Å². The third-order valence-corrected chi connectivity index (χ3v) is 5.49. The summed E-state index contributed by atoms with van der Waals surface area (Å²) in [6.45, 7) is 3.28. The number of nitrogens with zero attached hydrogens (tertiary/aromatic N) is 1. The highest BCUT2D eigenvalue weighted by atomic mass is 16.3. The molecule has 1 aliphatic heterocycles. The van der Waals surface area contributed by atoms with E-state index in [1.165, 1.54) is 24.8 Å². The van der Waals surface area contributed by atoms with Crippen LogP contribution < -0.4 is 5.32 Å². The first kappa shape index (κ1) is 16.3. The first-order valence-electron chi connectivity index (χ1n) is 8.93. The number of urea groups is 1. The Kier molecular flexibility index (Phi) is 5.21. The third-order valence-electron chi connectivity index (χ3n) is 5.49. The number of rotatable bonds is 4. The second-order valence-electron chi connectivity index (χ2n) is 7.12. The minimum atomic E-state index is -0.345. The number of carbonyl (C=O) groups excluding carboxylic acids is 1. The largest absolute Gasteiger partial charge is 0.393 e. The van der Waals surface area contributed by atoms with Crippen molar-refractivity contribution >= 4 is 6.03 Å². The maximum Gasteiger partial charge on any atom is 0.317 e. The summed E-state index contributed by atoms with van der Waals surface area (Å²) in [5.74, 6) is 0.757. The zero-order valence-electron chi connectivity index (χ0n) is 13.9. The average molecular weight is 316 g/mol. The van der Waals surface area contributed by atoms with Crippen LogP contribution in [-0.2, 0) is 0 Å². The highest BCUT2D eigenvalue weighted by molar-refractivity contribution is 5.75. The quantitative estimate of drug-likeness (QED) is 0.895. The number of piperidine rings is 1. The molecule has 1 aliphatic carbocycles. The van der Waals surface area contributed by atoms with Gasteiger partial charge in [0.25, 0.3) is 0 Å². The van der Waals surface area contributed by atoms with Crippen molar-refractivity contribution in [2.24, 2.45) is 11.8 Å². The Balaban J connectivity index is 1.66. The van der Waals surface area contributed by atoms with Crippen LogP contribution in [0.5, 0.6) is 0 Å². The van der Waals surface area contributed by atoms with Gasteiger partial charge < -0.3 is 15.3 Å². The van der Waals surface area contributed by atoms with E-state index in [9.17, 15) is 9.90 Å². The fourth-order valence-corrected chi connectivity index (χ4v) is 3.72. The predicted molar refractivity (Wildman–Crippen MR) is 91.0 cm³/mol. The van der Waals surface area contributed by atoms with Crippen LogP contribution in [0, 0.1) is 11.8 Å². The van der Waals surface area contributed by atoms with E-state index < -0.39 is 0 Å². The van der Waals surface area contributed by atoms with E-state index in [0.29, 0.717) is 12.5 Å². The van der Waals surface area contributed by atoms with E-state index in [1.807, 2.05) is 30.0 Å². The van der Waals surface area contributed by atoms with Crippen molar-refractivity contribution in [1.29, 1.82) is 0 Å². The Morgan fingerprint density at radius 1 is 1.17 bits per heavy atom. The molecule has 0 bridgehead atoms. The summed E-state index contributed by atoms with van der Waals surface area (Å²) in [4.78, 5) is 14.6. The number of aliphatic hydroxyl groups is 1. The van der Waals surface area contributed by atoms with Gasteiger partial charge in [-0.3, -0.25) is 0 Å². The average Bonchev–Trinajstić information content (AvgIpc) is 2.53. The van der Waals surface area contributed by atoms with E-state index in [1.54, 1.807) is 0 Å². The molecule has 2 aliphatic rings. The van der Waals surface area contributed by atoms with Crippen molar-refractivity contribution in [1.82, 2.24) is 10.2 Å². The molecule has 2 fully saturated rings. The molecule has 3 rings (SSSR count). The molecule has 0 radical (unpaired) electrons. The standard InChI is InChI=1S/C19H28N2O2/c1-14(22)17-11-6-12-21(13-17)19(23)20-18(16-9-5-10-16)15-7-3-2-4-8-15/h2-4,7-8,14,16-18,22H,5-6,9-13H2,1H3,(H,20,23). The predicted octanol–water partition coefficient (Wildman–Crippen LogP) is 3.33. The van der Waals surface area contributed by atoms with Crippen LogP contribution >= 0.6 is 0 Å². The molecular formula is C19H28N2O2. The molecule has 3 unspecified atom stereocenters. The Labute approximate surface area is 138 Å². The summed E-state index contributed by atoms with van der Waals surface area (Å²) in [7, 11) is 0. The van der Waals surface area contributed by atoms with Crippen LogP contribution in [0.25, 0.3) is 0 Å². The molecule has 0 aromatic heterocycles. The molecule has 1 aromatic rings. The Morgan fingerprint density at radius 3 is 2.48 bits per heavy atom. The van der Waals surface area contributed by atoms with Gasteiger partial charge in [-0.1, -0.05) is 36.8 Å². The fraction of sp³-hybridized carbons (Fsp3) is 0.632. The van der Waals surface area contributed by atoms with E-state index in [0.717, 1.165) is 19.4 Å². The monoisotopic (exact) mass is 316 g/mol. The zero-order chi connectivity index (χ0) is 16.2. The number of hydrogen-bond acceptors (Lipinski definition) is 2. The summed E-state index contributed by atoms with van der Waals surface area (Å²) in [5.41, 5.74) is 1.20. The SMILES string of the molecule is CC(O)C1CCCN(C(=O)NC(c2ccccc2)C2CCC2)C1. The van der Waals surface area contributed by atoms with Crippen LogP contribution in [0.3, 0.4) is 0 Å². The number of nitrogens with one attached hydrogen (secondary N) is 1. The van der Waals surface area contributed by atoms with Gasteiger partial charge in [0, 0.05) is 19.0 Å². The summed E-state index contributed by atoms with van der Waals surface area (Å²) >= 11 is 0. The van der Waals surface area contributed by atoms with Crippen molar-refractivity contribution in [2.45, 2.75) is 51.2 Å². The minimum absolute atomic E-state index is 0.0242. The third kappa shape index (κ3) is 3.86. The van der Waals surface area contributed by atoms with Gasteiger partial charge in [-0.25, -0.2) is 4.79 Å². The van der Waals surface area contributed by atoms with Gasteiger partial charge in [-0.05, 0) is 44.1 Å². The number of benzene rings is 1. The minimum Gasteiger partial charge on any atom is -0.393 e. The van der Waals surface area contributed by atoms with E-state index in [-0.39, 0.29) is 24.1 Å². The van der Waals surface area contributed by atoms with Crippen molar-refractivity contribution < 1.29 is 9.90 Å². The van der Waals surface area contributed by atoms with Crippen LogP contribution in [0.1, 0.15) is 50.6 Å². The highest BCUT2D eigenvalue weighted by Crippen LogP contribution is 2.37. The van der Waals surface area contributed by atoms with Crippen LogP contribution in [-0.4, -0.2) is 35.2 Å². The molecular weight excluding hydrogens is 288 g/mol. The lowest BCUT2D eigenvalue weighted by Gasteiger charge is -2.38. The molecule has 126 valence electrons. The molecule has 0 spiro atoms. The highest BCUT2D eigenvalue weighted by Gasteiger charge is 2.32. The van der Waals surface area contributed by atoms with Crippen molar-refractivity contribution in [2.75, 3.05) is 13.1 Å². The topological polar surface area (TPSA) is 52.6 Å². The summed E-state index contributed by atoms with van der Waals surface area (Å²) in [5, 5.41) is 13.1. The molecule has 2 N–H and O–H groups in total. The Hall–Kier alpha value is -1.55. The van der Waals surface area contributed by atoms with E-state index in [2.05, 4.69) is 17.4 Å².